The minimum Gasteiger partial charge on any atom is -0.744 e. The predicted octanol–water partition coefficient (Wildman–Crippen LogP) is 3.59. The molecule has 124 valence electrons. The number of phenols is 1. The summed E-state index contributed by atoms with van der Waals surface area (Å²) in [5.41, 5.74) is 0.783. The molecule has 0 aliphatic carbocycles. The summed E-state index contributed by atoms with van der Waals surface area (Å²) in [5, 5.41) is 9.38. The van der Waals surface area contributed by atoms with Crippen molar-refractivity contribution in [2.24, 2.45) is 0 Å². The maximum atomic E-state index is 11.0. The van der Waals surface area contributed by atoms with Gasteiger partial charge in [0, 0.05) is 0 Å². The number of hydrogen-bond donors (Lipinski definition) is 1. The van der Waals surface area contributed by atoms with Crippen LogP contribution in [0.25, 0.3) is 0 Å². The van der Waals surface area contributed by atoms with Gasteiger partial charge < -0.3 is 9.66 Å². The fraction of sp³-hybridized carbons (Fsp3) is 0.600. The van der Waals surface area contributed by atoms with Gasteiger partial charge in [0.05, 0.1) is 4.90 Å². The summed E-state index contributed by atoms with van der Waals surface area (Å²) in [4.78, 5) is -0.516. The van der Waals surface area contributed by atoms with E-state index in [1.165, 1.54) is 44.2 Å². The molecule has 0 aliphatic heterocycles. The van der Waals surface area contributed by atoms with Gasteiger partial charge in [-0.1, -0.05) is 51.5 Å². The summed E-state index contributed by atoms with van der Waals surface area (Å²) in [7, 11) is -4.60. The average Bonchev–Trinajstić information content (AvgIpc) is 2.38. The Morgan fingerprint density at radius 3 is 2.19 bits per heavy atom. The van der Waals surface area contributed by atoms with Crippen LogP contribution in [0.5, 0.6) is 5.75 Å². The molecule has 6 heteroatoms. The van der Waals surface area contributed by atoms with E-state index in [0.29, 0.717) is 0 Å². The third-order valence-electron chi connectivity index (χ3n) is 3.36. The smallest absolute Gasteiger partial charge is 0.744 e. The molecule has 21 heavy (non-hydrogen) atoms. The first-order chi connectivity index (χ1) is 9.45. The van der Waals surface area contributed by atoms with Gasteiger partial charge in [-0.25, -0.2) is 8.42 Å². The van der Waals surface area contributed by atoms with E-state index >= 15 is 0 Å². The van der Waals surface area contributed by atoms with Crippen molar-refractivity contribution < 1.29 is 35.1 Å². The second-order valence-corrected chi connectivity index (χ2v) is 6.48. The molecule has 1 aromatic rings. The third kappa shape index (κ3) is 7.86. The summed E-state index contributed by atoms with van der Waals surface area (Å²) in [6, 6.07) is 4.23. The molecule has 0 spiro atoms. The molecule has 4 nitrogen and oxygen atoms in total. The first-order valence-corrected chi connectivity index (χ1v) is 8.63. The van der Waals surface area contributed by atoms with E-state index in [9.17, 15) is 18.1 Å². The third-order valence-corrected chi connectivity index (χ3v) is 4.23. The molecule has 0 atom stereocenters. The van der Waals surface area contributed by atoms with E-state index < -0.39 is 20.8 Å². The van der Waals surface area contributed by atoms with Gasteiger partial charge in [0.15, 0.2) is 0 Å². The molecule has 0 saturated heterocycles. The van der Waals surface area contributed by atoms with E-state index in [-0.39, 0.29) is 17.1 Å². The molecule has 0 fully saturated rings. The summed E-state index contributed by atoms with van der Waals surface area (Å²) < 4.78 is 32.9. The van der Waals surface area contributed by atoms with Crippen LogP contribution < -0.4 is 0 Å². The predicted molar refractivity (Wildman–Crippen MR) is 77.8 cm³/mol. The molecule has 1 aromatic carbocycles. The van der Waals surface area contributed by atoms with E-state index in [1.807, 2.05) is 0 Å². The van der Waals surface area contributed by atoms with Crippen molar-refractivity contribution in [3.8, 4) is 5.75 Å². The SMILES string of the molecule is CCCCCCCCCc1ccc(O)c(S(=O)(=O)[O-])c1.[Cu+]. The molecule has 0 bridgehead atoms. The monoisotopic (exact) mass is 362 g/mol. The number of benzene rings is 1. The van der Waals surface area contributed by atoms with Crippen LogP contribution in [-0.4, -0.2) is 18.1 Å². The fourth-order valence-corrected chi connectivity index (χ4v) is 2.82. The van der Waals surface area contributed by atoms with Crippen LogP contribution in [0.3, 0.4) is 0 Å². The van der Waals surface area contributed by atoms with Crippen molar-refractivity contribution in [1.29, 1.82) is 0 Å². The average molecular weight is 363 g/mol. The van der Waals surface area contributed by atoms with Crippen molar-refractivity contribution in [3.05, 3.63) is 23.8 Å². The number of unbranched alkanes of at least 4 members (excludes halogenated alkanes) is 6. The number of rotatable bonds is 9. The summed E-state index contributed by atoms with van der Waals surface area (Å²) in [6.07, 6.45) is 9.02. The largest absolute Gasteiger partial charge is 1.00 e. The topological polar surface area (TPSA) is 77.4 Å². The van der Waals surface area contributed by atoms with Gasteiger partial charge in [0.25, 0.3) is 0 Å². The zero-order valence-corrected chi connectivity index (χ0v) is 14.0. The van der Waals surface area contributed by atoms with Gasteiger partial charge in [-0.05, 0) is 30.5 Å². The number of phenolic OH excluding ortho intramolecular Hbond substituents is 1. The molecule has 1 N–H and O–H groups in total. The Morgan fingerprint density at radius 1 is 1.05 bits per heavy atom. The molecule has 0 heterocycles. The second kappa shape index (κ2) is 10.2. The van der Waals surface area contributed by atoms with E-state index in [0.717, 1.165) is 24.8 Å². The Hall–Kier alpha value is -0.551. The maximum absolute atomic E-state index is 11.0. The van der Waals surface area contributed by atoms with Crippen molar-refractivity contribution in [2.75, 3.05) is 0 Å². The summed E-state index contributed by atoms with van der Waals surface area (Å²) in [6.45, 7) is 2.19. The van der Waals surface area contributed by atoms with Gasteiger partial charge in [0.2, 0.25) is 0 Å². The first kappa shape index (κ1) is 20.4. The van der Waals surface area contributed by atoms with Gasteiger partial charge in [-0.2, -0.15) is 0 Å². The quantitative estimate of drug-likeness (QED) is 0.413. The Balaban J connectivity index is 0.00000400. The van der Waals surface area contributed by atoms with Crippen LogP contribution in [0, 0.1) is 0 Å². The molecule has 1 rings (SSSR count). The molecule has 0 aliphatic rings. The van der Waals surface area contributed by atoms with Gasteiger partial charge in [0.1, 0.15) is 15.9 Å². The molecule has 0 amide bonds. The minimum atomic E-state index is -4.60. The molecule has 0 saturated carbocycles. The fourth-order valence-electron chi connectivity index (χ4n) is 2.20. The standard InChI is InChI=1S/C15H24O4S.Cu/c1-2-3-4-5-6-7-8-9-13-10-11-14(16)15(12-13)20(17,18)19;/h10-12,16H,2-9H2,1H3,(H,17,18,19);/q;+1/p-1. The van der Waals surface area contributed by atoms with Crippen molar-refractivity contribution in [3.63, 3.8) is 0 Å². The van der Waals surface area contributed by atoms with E-state index in [4.69, 9.17) is 0 Å². The van der Waals surface area contributed by atoms with Crippen LogP contribution in [0.1, 0.15) is 57.4 Å². The van der Waals surface area contributed by atoms with Crippen molar-refractivity contribution in [1.82, 2.24) is 0 Å². The molecular formula is C15H23CuO4S. The van der Waals surface area contributed by atoms with Crippen LogP contribution >= 0.6 is 0 Å². The van der Waals surface area contributed by atoms with E-state index in [1.54, 1.807) is 6.07 Å². The normalized spacial score (nSPS) is 11.1. The van der Waals surface area contributed by atoms with Gasteiger partial charge in [-0.15, -0.1) is 0 Å². The van der Waals surface area contributed by atoms with Crippen molar-refractivity contribution >= 4 is 10.1 Å². The second-order valence-electron chi connectivity index (χ2n) is 5.13. The molecule has 0 aromatic heterocycles. The van der Waals surface area contributed by atoms with Crippen LogP contribution in [0.15, 0.2) is 23.1 Å². The zero-order chi connectivity index (χ0) is 15.0. The molecule has 0 radical (unpaired) electrons. The minimum absolute atomic E-state index is 0. The number of aromatic hydroxyl groups is 1. The van der Waals surface area contributed by atoms with Crippen molar-refractivity contribution in [2.45, 2.75) is 63.2 Å². The Bertz CT molecular complexity index is 514. The van der Waals surface area contributed by atoms with Gasteiger partial charge in [-0.3, -0.25) is 0 Å². The Kier molecular flexibility index (Phi) is 9.95. The molecular weight excluding hydrogens is 340 g/mol. The molecule has 0 unspecified atom stereocenters. The Morgan fingerprint density at radius 2 is 1.62 bits per heavy atom. The zero-order valence-electron chi connectivity index (χ0n) is 12.3. The van der Waals surface area contributed by atoms with Crippen LogP contribution in [0.2, 0.25) is 0 Å². The summed E-state index contributed by atoms with van der Waals surface area (Å²) >= 11 is 0. The maximum Gasteiger partial charge on any atom is 1.00 e. The van der Waals surface area contributed by atoms with E-state index in [2.05, 4.69) is 6.92 Å². The first-order valence-electron chi connectivity index (χ1n) is 7.23. The number of hydrogen-bond acceptors (Lipinski definition) is 4. The summed E-state index contributed by atoms with van der Waals surface area (Å²) in [5.74, 6) is -0.469. The van der Waals surface area contributed by atoms with Gasteiger partial charge >= 0.3 is 17.1 Å². The number of aryl methyl sites for hydroxylation is 1. The van der Waals surface area contributed by atoms with Crippen LogP contribution in [0.4, 0.5) is 0 Å². The Labute approximate surface area is 138 Å². The van der Waals surface area contributed by atoms with Crippen LogP contribution in [-0.2, 0) is 33.6 Å².